The summed E-state index contributed by atoms with van der Waals surface area (Å²) in [6.45, 7) is 4.31. The van der Waals surface area contributed by atoms with Gasteiger partial charge in [-0.1, -0.05) is 0 Å². The van der Waals surface area contributed by atoms with E-state index in [1.807, 2.05) is 0 Å². The highest BCUT2D eigenvalue weighted by Gasteiger charge is 2.34. The highest BCUT2D eigenvalue weighted by molar-refractivity contribution is 5.83. The molecule has 1 aromatic heterocycles. The molecule has 18 heavy (non-hydrogen) atoms. The van der Waals surface area contributed by atoms with Crippen molar-refractivity contribution in [3.05, 3.63) is 17.6 Å². The molecule has 5 nitrogen and oxygen atoms in total. The summed E-state index contributed by atoms with van der Waals surface area (Å²) in [7, 11) is 0. The van der Waals surface area contributed by atoms with Crippen molar-refractivity contribution in [2.45, 2.75) is 20.0 Å². The number of aromatic nitrogens is 2. The number of halogens is 3. The predicted molar refractivity (Wildman–Crippen MR) is 57.6 cm³/mol. The number of nitrogens with zero attached hydrogens (tertiary/aromatic N) is 3. The molecule has 8 heteroatoms. The maximum Gasteiger partial charge on any atom is 0.433 e. The molecule has 0 bridgehead atoms. The summed E-state index contributed by atoms with van der Waals surface area (Å²) >= 11 is 0. The van der Waals surface area contributed by atoms with Crippen LogP contribution in [-0.4, -0.2) is 34.1 Å². The summed E-state index contributed by atoms with van der Waals surface area (Å²) in [5.74, 6) is -2.49. The first kappa shape index (κ1) is 14.2. The van der Waals surface area contributed by atoms with E-state index in [1.165, 1.54) is 4.90 Å². The fourth-order valence-electron chi connectivity index (χ4n) is 1.38. The van der Waals surface area contributed by atoms with Gasteiger partial charge in [0.05, 0.1) is 0 Å². The van der Waals surface area contributed by atoms with Crippen LogP contribution >= 0.6 is 0 Å². The second-order valence-corrected chi connectivity index (χ2v) is 3.41. The molecule has 0 amide bonds. The number of carboxylic acids is 1. The summed E-state index contributed by atoms with van der Waals surface area (Å²) in [6, 6.07) is 0.749. The fraction of sp³-hybridized carbons (Fsp3) is 0.500. The molecule has 1 rings (SSSR count). The van der Waals surface area contributed by atoms with Crippen LogP contribution in [0.2, 0.25) is 0 Å². The minimum atomic E-state index is -4.70. The van der Waals surface area contributed by atoms with Gasteiger partial charge in [0, 0.05) is 19.2 Å². The Kier molecular flexibility index (Phi) is 4.10. The first-order valence-electron chi connectivity index (χ1n) is 5.24. The standard InChI is InChI=1S/C10H12F3N3O2/c1-3-16(4-2)7-5-6(10(11,12)13)14-8(15-7)9(17)18/h5H,3-4H2,1-2H3,(H,17,18). The zero-order valence-corrected chi connectivity index (χ0v) is 9.82. The Morgan fingerprint density at radius 2 is 1.89 bits per heavy atom. The van der Waals surface area contributed by atoms with E-state index in [0.717, 1.165) is 6.07 Å². The van der Waals surface area contributed by atoms with Crippen LogP contribution in [0.5, 0.6) is 0 Å². The van der Waals surface area contributed by atoms with Crippen LogP contribution in [0.15, 0.2) is 6.07 Å². The number of alkyl halides is 3. The Balaban J connectivity index is 3.35. The zero-order chi connectivity index (χ0) is 13.9. The lowest BCUT2D eigenvalue weighted by Gasteiger charge is -2.20. The number of hydrogen-bond acceptors (Lipinski definition) is 4. The fourth-order valence-corrected chi connectivity index (χ4v) is 1.38. The van der Waals surface area contributed by atoms with Crippen molar-refractivity contribution in [3.63, 3.8) is 0 Å². The van der Waals surface area contributed by atoms with Crippen molar-refractivity contribution in [3.8, 4) is 0 Å². The molecule has 0 spiro atoms. The number of carbonyl (C=O) groups is 1. The minimum absolute atomic E-state index is 0.0419. The molecule has 1 aromatic rings. The maximum absolute atomic E-state index is 12.6. The first-order chi connectivity index (χ1) is 8.29. The lowest BCUT2D eigenvalue weighted by molar-refractivity contribution is -0.141. The molecule has 0 saturated carbocycles. The van der Waals surface area contributed by atoms with Crippen molar-refractivity contribution < 1.29 is 23.1 Å². The SMILES string of the molecule is CCN(CC)c1cc(C(F)(F)F)nc(C(=O)O)n1. The number of hydrogen-bond donors (Lipinski definition) is 1. The molecule has 0 atom stereocenters. The van der Waals surface area contributed by atoms with Gasteiger partial charge in [0.25, 0.3) is 0 Å². The topological polar surface area (TPSA) is 66.3 Å². The highest BCUT2D eigenvalue weighted by atomic mass is 19.4. The third-order valence-electron chi connectivity index (χ3n) is 2.28. The molecule has 0 aliphatic heterocycles. The van der Waals surface area contributed by atoms with Crippen LogP contribution in [0.25, 0.3) is 0 Å². The van der Waals surface area contributed by atoms with Gasteiger partial charge in [-0.25, -0.2) is 14.8 Å². The highest BCUT2D eigenvalue weighted by Crippen LogP contribution is 2.29. The Bertz CT molecular complexity index is 444. The van der Waals surface area contributed by atoms with Crippen LogP contribution in [0.4, 0.5) is 19.0 Å². The third-order valence-corrected chi connectivity index (χ3v) is 2.28. The van der Waals surface area contributed by atoms with E-state index in [9.17, 15) is 18.0 Å². The molecule has 0 saturated heterocycles. The van der Waals surface area contributed by atoms with Gasteiger partial charge in [-0.3, -0.25) is 0 Å². The van der Waals surface area contributed by atoms with Gasteiger partial charge in [-0.15, -0.1) is 0 Å². The summed E-state index contributed by atoms with van der Waals surface area (Å²) in [6.07, 6.45) is -4.70. The lowest BCUT2D eigenvalue weighted by Crippen LogP contribution is -2.25. The molecule has 0 radical (unpaired) electrons. The maximum atomic E-state index is 12.6. The van der Waals surface area contributed by atoms with Gasteiger partial charge >= 0.3 is 12.1 Å². The average Bonchev–Trinajstić information content (AvgIpc) is 2.29. The van der Waals surface area contributed by atoms with Crippen molar-refractivity contribution in [1.82, 2.24) is 9.97 Å². The second kappa shape index (κ2) is 5.19. The Hall–Kier alpha value is -1.86. The average molecular weight is 263 g/mol. The van der Waals surface area contributed by atoms with Crippen LogP contribution in [-0.2, 0) is 6.18 Å². The largest absolute Gasteiger partial charge is 0.475 e. The van der Waals surface area contributed by atoms with Gasteiger partial charge in [0.15, 0.2) is 5.69 Å². The molecule has 1 heterocycles. The predicted octanol–water partition coefficient (Wildman–Crippen LogP) is 2.04. The van der Waals surface area contributed by atoms with E-state index in [4.69, 9.17) is 5.11 Å². The van der Waals surface area contributed by atoms with Gasteiger partial charge in [0.2, 0.25) is 5.82 Å². The Labute approximate surface area is 101 Å². The lowest BCUT2D eigenvalue weighted by atomic mass is 10.3. The Morgan fingerprint density at radius 1 is 1.33 bits per heavy atom. The van der Waals surface area contributed by atoms with Crippen LogP contribution in [0.3, 0.4) is 0 Å². The van der Waals surface area contributed by atoms with Crippen molar-refractivity contribution in [2.75, 3.05) is 18.0 Å². The molecule has 0 aromatic carbocycles. The van der Waals surface area contributed by atoms with Crippen molar-refractivity contribution >= 4 is 11.8 Å². The number of carboxylic acid groups (broad SMARTS) is 1. The van der Waals surface area contributed by atoms with E-state index < -0.39 is 23.7 Å². The van der Waals surface area contributed by atoms with Crippen LogP contribution < -0.4 is 4.90 Å². The van der Waals surface area contributed by atoms with E-state index in [2.05, 4.69) is 9.97 Å². The molecule has 100 valence electrons. The van der Waals surface area contributed by atoms with E-state index >= 15 is 0 Å². The molecule has 1 N–H and O–H groups in total. The molecule has 0 unspecified atom stereocenters. The normalized spacial score (nSPS) is 11.4. The van der Waals surface area contributed by atoms with Gasteiger partial charge in [-0.2, -0.15) is 13.2 Å². The monoisotopic (exact) mass is 263 g/mol. The smallest absolute Gasteiger partial charge is 0.433 e. The molecular weight excluding hydrogens is 251 g/mol. The van der Waals surface area contributed by atoms with E-state index in [0.29, 0.717) is 13.1 Å². The molecule has 0 aliphatic rings. The van der Waals surface area contributed by atoms with Gasteiger partial charge in [0.1, 0.15) is 5.82 Å². The molecule has 0 aliphatic carbocycles. The summed E-state index contributed by atoms with van der Waals surface area (Å²) < 4.78 is 37.7. The molecular formula is C10H12F3N3O2. The van der Waals surface area contributed by atoms with Crippen LogP contribution in [0.1, 0.15) is 30.2 Å². The summed E-state index contributed by atoms with van der Waals surface area (Å²) in [5, 5.41) is 8.72. The molecule has 0 fully saturated rings. The Morgan fingerprint density at radius 3 is 2.28 bits per heavy atom. The quantitative estimate of drug-likeness (QED) is 0.900. The minimum Gasteiger partial charge on any atom is -0.475 e. The van der Waals surface area contributed by atoms with Gasteiger partial charge < -0.3 is 10.0 Å². The van der Waals surface area contributed by atoms with E-state index in [1.54, 1.807) is 13.8 Å². The van der Waals surface area contributed by atoms with E-state index in [-0.39, 0.29) is 5.82 Å². The van der Waals surface area contributed by atoms with Crippen LogP contribution in [0, 0.1) is 0 Å². The first-order valence-corrected chi connectivity index (χ1v) is 5.24. The summed E-state index contributed by atoms with van der Waals surface area (Å²) in [5.41, 5.74) is -1.25. The summed E-state index contributed by atoms with van der Waals surface area (Å²) in [4.78, 5) is 18.8. The second-order valence-electron chi connectivity index (χ2n) is 3.41. The number of anilines is 1. The van der Waals surface area contributed by atoms with Gasteiger partial charge in [-0.05, 0) is 13.8 Å². The third kappa shape index (κ3) is 3.08. The zero-order valence-electron chi connectivity index (χ0n) is 9.82. The van der Waals surface area contributed by atoms with Crippen molar-refractivity contribution in [2.24, 2.45) is 0 Å². The van der Waals surface area contributed by atoms with Crippen molar-refractivity contribution in [1.29, 1.82) is 0 Å². The number of rotatable bonds is 4. The number of aromatic carboxylic acids is 1.